The summed E-state index contributed by atoms with van der Waals surface area (Å²) in [6.45, 7) is 2.47. The molecular formula is C18H16N4O2. The zero-order valence-corrected chi connectivity index (χ0v) is 13.2. The fourth-order valence-electron chi connectivity index (χ4n) is 3.07. The molecule has 2 heterocycles. The van der Waals surface area contributed by atoms with Crippen molar-refractivity contribution in [1.29, 1.82) is 0 Å². The van der Waals surface area contributed by atoms with Crippen molar-refractivity contribution >= 4 is 17.5 Å². The third-order valence-electron chi connectivity index (χ3n) is 4.34. The highest BCUT2D eigenvalue weighted by molar-refractivity contribution is 6.25. The Kier molecular flexibility index (Phi) is 3.37. The summed E-state index contributed by atoms with van der Waals surface area (Å²) in [5.74, 6) is -0.584. The van der Waals surface area contributed by atoms with Gasteiger partial charge in [-0.3, -0.25) is 14.6 Å². The zero-order chi connectivity index (χ0) is 16.7. The third kappa shape index (κ3) is 2.27. The molecule has 4 rings (SSSR count). The van der Waals surface area contributed by atoms with Crippen LogP contribution in [0, 0.1) is 6.92 Å². The highest BCUT2D eigenvalue weighted by atomic mass is 16.2. The van der Waals surface area contributed by atoms with Crippen LogP contribution in [0.4, 0.5) is 5.69 Å². The Balaban J connectivity index is 1.59. The molecule has 1 fully saturated rings. The average Bonchev–Trinajstić information content (AvgIpc) is 3.11. The van der Waals surface area contributed by atoms with E-state index < -0.39 is 12.1 Å². The number of anilines is 1. The number of fused-ring (bicyclic) bond motifs is 1. The molecule has 2 amide bonds. The van der Waals surface area contributed by atoms with Crippen molar-refractivity contribution in [3.63, 3.8) is 0 Å². The molecule has 0 radical (unpaired) electrons. The number of hydrogen-bond donors (Lipinski definition) is 0. The maximum Gasteiger partial charge on any atom is 0.263 e. The predicted molar refractivity (Wildman–Crippen MR) is 88.1 cm³/mol. The van der Waals surface area contributed by atoms with Crippen LogP contribution in [0.15, 0.2) is 64.9 Å². The number of carbonyl (C=O) groups excluding carboxylic acids is 2. The van der Waals surface area contributed by atoms with Crippen molar-refractivity contribution < 1.29 is 9.59 Å². The van der Waals surface area contributed by atoms with Crippen LogP contribution in [0.25, 0.3) is 0 Å². The normalized spacial score (nSPS) is 22.4. The Labute approximate surface area is 139 Å². The fraction of sp³-hybridized carbons (Fsp3) is 0.222. The van der Waals surface area contributed by atoms with Crippen molar-refractivity contribution in [2.24, 2.45) is 10.3 Å². The van der Waals surface area contributed by atoms with Gasteiger partial charge in [0, 0.05) is 0 Å². The minimum Gasteiger partial charge on any atom is -0.271 e. The van der Waals surface area contributed by atoms with Gasteiger partial charge in [0.1, 0.15) is 0 Å². The molecule has 0 unspecified atom stereocenters. The second kappa shape index (κ2) is 5.56. The smallest absolute Gasteiger partial charge is 0.263 e. The SMILES string of the molecule is Cc1ccc(CN2N=N[C@@H]3C(=O)N(c4ccccc4)C(=O)[C@@H]32)cc1. The van der Waals surface area contributed by atoms with Crippen LogP contribution < -0.4 is 4.90 Å². The van der Waals surface area contributed by atoms with Crippen LogP contribution >= 0.6 is 0 Å². The van der Waals surface area contributed by atoms with Crippen LogP contribution in [0.5, 0.6) is 0 Å². The first kappa shape index (κ1) is 14.6. The number of aryl methyl sites for hydroxylation is 1. The monoisotopic (exact) mass is 320 g/mol. The topological polar surface area (TPSA) is 65.3 Å². The number of para-hydroxylation sites is 1. The summed E-state index contributed by atoms with van der Waals surface area (Å²) in [6.07, 6.45) is 0. The number of rotatable bonds is 3. The molecule has 0 saturated carbocycles. The lowest BCUT2D eigenvalue weighted by Crippen LogP contribution is -2.39. The lowest BCUT2D eigenvalue weighted by Gasteiger charge is -2.20. The minimum absolute atomic E-state index is 0.270. The number of benzene rings is 2. The van der Waals surface area contributed by atoms with Crippen LogP contribution in [0.1, 0.15) is 11.1 Å². The summed E-state index contributed by atoms with van der Waals surface area (Å²) in [5.41, 5.74) is 2.77. The average molecular weight is 320 g/mol. The van der Waals surface area contributed by atoms with Gasteiger partial charge in [-0.25, -0.2) is 4.90 Å². The summed E-state index contributed by atoms with van der Waals surface area (Å²) in [6, 6.07) is 15.6. The van der Waals surface area contributed by atoms with E-state index in [-0.39, 0.29) is 11.8 Å². The first-order valence-electron chi connectivity index (χ1n) is 7.81. The molecule has 0 N–H and O–H groups in total. The van der Waals surface area contributed by atoms with E-state index in [9.17, 15) is 9.59 Å². The molecule has 6 heteroatoms. The highest BCUT2D eigenvalue weighted by Gasteiger charge is 2.54. The molecule has 120 valence electrons. The molecule has 0 aliphatic carbocycles. The lowest BCUT2D eigenvalue weighted by molar-refractivity contribution is -0.123. The predicted octanol–water partition coefficient (Wildman–Crippen LogP) is 2.49. The van der Waals surface area contributed by atoms with Crippen molar-refractivity contribution in [3.8, 4) is 0 Å². The number of hydrogen-bond acceptors (Lipinski definition) is 5. The van der Waals surface area contributed by atoms with E-state index in [2.05, 4.69) is 10.3 Å². The molecule has 0 spiro atoms. The van der Waals surface area contributed by atoms with Gasteiger partial charge in [-0.2, -0.15) is 5.11 Å². The molecule has 2 atom stereocenters. The summed E-state index contributed by atoms with van der Waals surface area (Å²) in [7, 11) is 0. The van der Waals surface area contributed by atoms with Crippen LogP contribution in [-0.2, 0) is 16.1 Å². The van der Waals surface area contributed by atoms with E-state index in [1.54, 1.807) is 29.3 Å². The quantitative estimate of drug-likeness (QED) is 0.816. The fourth-order valence-corrected chi connectivity index (χ4v) is 3.07. The van der Waals surface area contributed by atoms with Gasteiger partial charge >= 0.3 is 0 Å². The Morgan fingerprint density at radius 1 is 0.958 bits per heavy atom. The Bertz CT molecular complexity index is 817. The second-order valence-electron chi connectivity index (χ2n) is 6.03. The van der Waals surface area contributed by atoms with Gasteiger partial charge in [-0.1, -0.05) is 53.3 Å². The molecule has 2 aromatic carbocycles. The number of amides is 2. The van der Waals surface area contributed by atoms with Crippen LogP contribution in [0.2, 0.25) is 0 Å². The van der Waals surface area contributed by atoms with E-state index in [1.165, 1.54) is 10.5 Å². The summed E-state index contributed by atoms with van der Waals surface area (Å²) < 4.78 is 0. The van der Waals surface area contributed by atoms with E-state index >= 15 is 0 Å². The van der Waals surface area contributed by atoms with E-state index in [0.717, 1.165) is 5.56 Å². The standard InChI is InChI=1S/C18H16N4O2/c1-12-7-9-13(10-8-12)11-21-16-15(19-20-21)17(23)22(18(16)24)14-5-3-2-4-6-14/h2-10,15-16H,11H2,1H3/t15-,16+/m0/s1. The van der Waals surface area contributed by atoms with Gasteiger partial charge in [0.05, 0.1) is 12.2 Å². The highest BCUT2D eigenvalue weighted by Crippen LogP contribution is 2.32. The summed E-state index contributed by atoms with van der Waals surface area (Å²) in [4.78, 5) is 26.6. The maximum absolute atomic E-state index is 12.8. The van der Waals surface area contributed by atoms with Crippen LogP contribution in [0.3, 0.4) is 0 Å². The first-order chi connectivity index (χ1) is 11.6. The molecule has 0 aromatic heterocycles. The molecule has 6 nitrogen and oxygen atoms in total. The van der Waals surface area contributed by atoms with E-state index in [0.29, 0.717) is 12.2 Å². The lowest BCUT2D eigenvalue weighted by atomic mass is 10.1. The third-order valence-corrected chi connectivity index (χ3v) is 4.34. The molecular weight excluding hydrogens is 304 g/mol. The zero-order valence-electron chi connectivity index (χ0n) is 13.2. The summed E-state index contributed by atoms with van der Waals surface area (Å²) >= 11 is 0. The number of carbonyl (C=O) groups is 2. The van der Waals surface area contributed by atoms with Gasteiger partial charge in [0.25, 0.3) is 11.8 Å². The molecule has 24 heavy (non-hydrogen) atoms. The Morgan fingerprint density at radius 2 is 1.67 bits per heavy atom. The Hall–Kier alpha value is -3.02. The van der Waals surface area contributed by atoms with Gasteiger partial charge in [-0.05, 0) is 24.6 Å². The molecule has 1 saturated heterocycles. The van der Waals surface area contributed by atoms with Crippen molar-refractivity contribution in [2.75, 3.05) is 4.90 Å². The van der Waals surface area contributed by atoms with Crippen molar-refractivity contribution in [2.45, 2.75) is 25.6 Å². The Morgan fingerprint density at radius 3 is 2.38 bits per heavy atom. The first-order valence-corrected chi connectivity index (χ1v) is 7.81. The summed E-state index contributed by atoms with van der Waals surface area (Å²) in [5, 5.41) is 9.71. The van der Waals surface area contributed by atoms with Crippen molar-refractivity contribution in [3.05, 3.63) is 65.7 Å². The maximum atomic E-state index is 12.8. The molecule has 0 bridgehead atoms. The van der Waals surface area contributed by atoms with E-state index in [4.69, 9.17) is 0 Å². The second-order valence-corrected chi connectivity index (χ2v) is 6.03. The van der Waals surface area contributed by atoms with E-state index in [1.807, 2.05) is 37.3 Å². The minimum atomic E-state index is -0.747. The molecule has 2 aliphatic heterocycles. The molecule has 2 aromatic rings. The van der Waals surface area contributed by atoms with Gasteiger partial charge < -0.3 is 0 Å². The molecule has 2 aliphatic rings. The number of nitrogens with zero attached hydrogens (tertiary/aromatic N) is 4. The number of imide groups is 1. The van der Waals surface area contributed by atoms with Crippen molar-refractivity contribution in [1.82, 2.24) is 5.01 Å². The van der Waals surface area contributed by atoms with Gasteiger partial charge in [0.2, 0.25) is 0 Å². The van der Waals surface area contributed by atoms with Crippen LogP contribution in [-0.4, -0.2) is 28.9 Å². The van der Waals surface area contributed by atoms with Gasteiger partial charge in [0.15, 0.2) is 12.1 Å². The largest absolute Gasteiger partial charge is 0.271 e. The van der Waals surface area contributed by atoms with Gasteiger partial charge in [-0.15, -0.1) is 0 Å².